The van der Waals surface area contributed by atoms with Gasteiger partial charge in [0.25, 0.3) is 11.8 Å². The lowest BCUT2D eigenvalue weighted by Gasteiger charge is -2.41. The van der Waals surface area contributed by atoms with Gasteiger partial charge in [0.15, 0.2) is 0 Å². The number of ether oxygens (including phenoxy) is 1. The van der Waals surface area contributed by atoms with E-state index in [1.165, 1.54) is 0 Å². The Morgan fingerprint density at radius 2 is 1.72 bits per heavy atom. The molecule has 2 aliphatic heterocycles. The van der Waals surface area contributed by atoms with Gasteiger partial charge in [-0.25, -0.2) is 0 Å². The summed E-state index contributed by atoms with van der Waals surface area (Å²) in [5, 5.41) is 2.90. The normalized spacial score (nSPS) is 16.8. The Labute approximate surface area is 188 Å². The standard InChI is InChI=1S/C25H29N3O4/c1-17(2)32-16-8-14-26-22(29)13-7-15-27-23-18-9-3-4-10-19(18)25(31)28(23)21-12-6-5-11-20(21)24(27)30/h3-6,9-12,17,23H,7-8,13-16H2,1-2H3,(H,26,29)/t23-/m1/s1. The van der Waals surface area contributed by atoms with Crippen molar-refractivity contribution in [2.45, 2.75) is 45.4 Å². The number of nitrogens with zero attached hydrogens (tertiary/aromatic N) is 2. The van der Waals surface area contributed by atoms with Gasteiger partial charge in [-0.2, -0.15) is 0 Å². The zero-order chi connectivity index (χ0) is 22.7. The first-order chi connectivity index (χ1) is 15.5. The minimum atomic E-state index is -0.475. The average Bonchev–Trinajstić information content (AvgIpc) is 3.08. The highest BCUT2D eigenvalue weighted by Gasteiger charge is 2.47. The summed E-state index contributed by atoms with van der Waals surface area (Å²) in [5.41, 5.74) is 2.60. The predicted molar refractivity (Wildman–Crippen MR) is 121 cm³/mol. The summed E-state index contributed by atoms with van der Waals surface area (Å²) in [7, 11) is 0. The van der Waals surface area contributed by atoms with Crippen molar-refractivity contribution in [2.24, 2.45) is 0 Å². The Hall–Kier alpha value is -3.19. The van der Waals surface area contributed by atoms with E-state index in [4.69, 9.17) is 4.74 Å². The number of rotatable bonds is 9. The van der Waals surface area contributed by atoms with E-state index in [-0.39, 0.29) is 23.8 Å². The molecule has 2 aromatic rings. The van der Waals surface area contributed by atoms with Crippen LogP contribution in [0.3, 0.4) is 0 Å². The molecule has 2 heterocycles. The molecule has 0 saturated carbocycles. The number of hydrogen-bond acceptors (Lipinski definition) is 4. The largest absolute Gasteiger partial charge is 0.379 e. The fraction of sp³-hybridized carbons (Fsp3) is 0.400. The van der Waals surface area contributed by atoms with Gasteiger partial charge < -0.3 is 15.0 Å². The van der Waals surface area contributed by atoms with Gasteiger partial charge in [-0.3, -0.25) is 19.3 Å². The van der Waals surface area contributed by atoms with Crippen LogP contribution in [0.1, 0.15) is 65.6 Å². The van der Waals surface area contributed by atoms with Crippen molar-refractivity contribution in [3.05, 3.63) is 65.2 Å². The van der Waals surface area contributed by atoms with Crippen molar-refractivity contribution in [2.75, 3.05) is 24.6 Å². The summed E-state index contributed by atoms with van der Waals surface area (Å²) < 4.78 is 5.47. The van der Waals surface area contributed by atoms with E-state index >= 15 is 0 Å². The van der Waals surface area contributed by atoms with E-state index < -0.39 is 6.17 Å². The molecule has 0 aromatic heterocycles. The van der Waals surface area contributed by atoms with Crippen molar-refractivity contribution >= 4 is 23.4 Å². The van der Waals surface area contributed by atoms with Gasteiger partial charge in [-0.05, 0) is 44.9 Å². The Balaban J connectivity index is 1.43. The number of anilines is 1. The van der Waals surface area contributed by atoms with E-state index in [1.807, 2.05) is 44.2 Å². The first-order valence-electron chi connectivity index (χ1n) is 11.2. The second kappa shape index (κ2) is 9.53. The van der Waals surface area contributed by atoms with Crippen LogP contribution in [0, 0.1) is 0 Å². The Morgan fingerprint density at radius 1 is 1.00 bits per heavy atom. The monoisotopic (exact) mass is 435 g/mol. The molecular weight excluding hydrogens is 406 g/mol. The van der Waals surface area contributed by atoms with Crippen LogP contribution < -0.4 is 10.2 Å². The molecule has 32 heavy (non-hydrogen) atoms. The SMILES string of the molecule is CC(C)OCCCNC(=O)CCCN1C(=O)c2ccccc2N2C(=O)c3ccccc3[C@H]12. The molecule has 0 bridgehead atoms. The van der Waals surface area contributed by atoms with Crippen molar-refractivity contribution in [1.29, 1.82) is 0 Å². The smallest absolute Gasteiger partial charge is 0.260 e. The maximum atomic E-state index is 13.3. The second-order valence-corrected chi connectivity index (χ2v) is 8.38. The molecule has 0 spiro atoms. The van der Waals surface area contributed by atoms with Crippen LogP contribution >= 0.6 is 0 Å². The quantitative estimate of drug-likeness (QED) is 0.612. The Bertz CT molecular complexity index is 1020. The molecule has 168 valence electrons. The number of hydrogen-bond donors (Lipinski definition) is 1. The average molecular weight is 436 g/mol. The number of fused-ring (bicyclic) bond motifs is 5. The van der Waals surface area contributed by atoms with Crippen molar-refractivity contribution < 1.29 is 19.1 Å². The molecule has 2 aliphatic rings. The van der Waals surface area contributed by atoms with Gasteiger partial charge in [0, 0.05) is 37.2 Å². The molecule has 0 fully saturated rings. The number of nitrogens with one attached hydrogen (secondary N) is 1. The number of carbonyl (C=O) groups excluding carboxylic acids is 3. The van der Waals surface area contributed by atoms with E-state index in [0.717, 1.165) is 12.0 Å². The predicted octanol–water partition coefficient (Wildman–Crippen LogP) is 3.51. The van der Waals surface area contributed by atoms with Gasteiger partial charge >= 0.3 is 0 Å². The summed E-state index contributed by atoms with van der Waals surface area (Å²) in [6, 6.07) is 14.6. The molecule has 0 saturated heterocycles. The summed E-state index contributed by atoms with van der Waals surface area (Å²) in [4.78, 5) is 42.1. The Morgan fingerprint density at radius 3 is 2.50 bits per heavy atom. The molecule has 0 aliphatic carbocycles. The van der Waals surface area contributed by atoms with E-state index in [9.17, 15) is 14.4 Å². The zero-order valence-corrected chi connectivity index (χ0v) is 18.5. The third kappa shape index (κ3) is 4.25. The first-order valence-corrected chi connectivity index (χ1v) is 11.2. The van der Waals surface area contributed by atoms with E-state index in [2.05, 4.69) is 5.32 Å². The summed E-state index contributed by atoms with van der Waals surface area (Å²) in [6.45, 7) is 5.54. The molecule has 1 atom stereocenters. The zero-order valence-electron chi connectivity index (χ0n) is 18.5. The van der Waals surface area contributed by atoms with Crippen LogP contribution in [-0.4, -0.2) is 48.4 Å². The second-order valence-electron chi connectivity index (χ2n) is 8.38. The molecule has 1 N–H and O–H groups in total. The number of amides is 3. The number of para-hydroxylation sites is 1. The molecule has 0 radical (unpaired) electrons. The van der Waals surface area contributed by atoms with Crippen molar-refractivity contribution in [1.82, 2.24) is 10.2 Å². The molecular formula is C25H29N3O4. The number of carbonyl (C=O) groups is 3. The van der Waals surface area contributed by atoms with Crippen LogP contribution in [0.4, 0.5) is 5.69 Å². The van der Waals surface area contributed by atoms with Crippen LogP contribution in [0.5, 0.6) is 0 Å². The highest BCUT2D eigenvalue weighted by atomic mass is 16.5. The first kappa shape index (κ1) is 22.0. The third-order valence-corrected chi connectivity index (χ3v) is 5.78. The van der Waals surface area contributed by atoms with Crippen LogP contribution in [0.25, 0.3) is 0 Å². The molecule has 7 nitrogen and oxygen atoms in total. The highest BCUT2D eigenvalue weighted by molar-refractivity contribution is 6.16. The summed E-state index contributed by atoms with van der Waals surface area (Å²) in [6.07, 6.45) is 1.31. The van der Waals surface area contributed by atoms with Gasteiger partial charge in [-0.1, -0.05) is 30.3 Å². The minimum absolute atomic E-state index is 0.0424. The molecule has 7 heteroatoms. The summed E-state index contributed by atoms with van der Waals surface area (Å²) in [5.74, 6) is -0.256. The van der Waals surface area contributed by atoms with Crippen LogP contribution in [-0.2, 0) is 9.53 Å². The minimum Gasteiger partial charge on any atom is -0.379 e. The van der Waals surface area contributed by atoms with Gasteiger partial charge in [0.2, 0.25) is 5.91 Å². The highest BCUT2D eigenvalue weighted by Crippen LogP contribution is 2.45. The van der Waals surface area contributed by atoms with Crippen molar-refractivity contribution in [3.63, 3.8) is 0 Å². The fourth-order valence-electron chi connectivity index (χ4n) is 4.32. The Kier molecular flexibility index (Phi) is 6.55. The third-order valence-electron chi connectivity index (χ3n) is 5.78. The van der Waals surface area contributed by atoms with E-state index in [1.54, 1.807) is 28.0 Å². The molecule has 4 rings (SSSR count). The topological polar surface area (TPSA) is 79.0 Å². The van der Waals surface area contributed by atoms with Gasteiger partial charge in [0.1, 0.15) is 6.17 Å². The van der Waals surface area contributed by atoms with Gasteiger partial charge in [-0.15, -0.1) is 0 Å². The lowest BCUT2D eigenvalue weighted by atomic mass is 10.0. The molecule has 2 aromatic carbocycles. The maximum absolute atomic E-state index is 13.3. The summed E-state index contributed by atoms with van der Waals surface area (Å²) >= 11 is 0. The fourth-order valence-corrected chi connectivity index (χ4v) is 4.32. The lowest BCUT2D eigenvalue weighted by molar-refractivity contribution is -0.121. The van der Waals surface area contributed by atoms with Gasteiger partial charge in [0.05, 0.1) is 17.4 Å². The molecule has 0 unspecified atom stereocenters. The van der Waals surface area contributed by atoms with Crippen molar-refractivity contribution in [3.8, 4) is 0 Å². The maximum Gasteiger partial charge on any atom is 0.260 e. The van der Waals surface area contributed by atoms with Crippen LogP contribution in [0.2, 0.25) is 0 Å². The lowest BCUT2D eigenvalue weighted by Crippen LogP contribution is -2.48. The van der Waals surface area contributed by atoms with Crippen LogP contribution in [0.15, 0.2) is 48.5 Å². The van der Waals surface area contributed by atoms with E-state index in [0.29, 0.717) is 49.4 Å². The molecule has 3 amide bonds. The number of benzene rings is 2.